The van der Waals surface area contributed by atoms with Crippen LogP contribution in [-0.4, -0.2) is 69.8 Å². The quantitative estimate of drug-likeness (QED) is 0.332. The number of anilines is 3. The zero-order valence-electron chi connectivity index (χ0n) is 24.4. The van der Waals surface area contributed by atoms with Crippen LogP contribution in [0, 0.1) is 28.4 Å². The van der Waals surface area contributed by atoms with Gasteiger partial charge in [0.05, 0.1) is 17.5 Å². The first kappa shape index (κ1) is 28.6. The van der Waals surface area contributed by atoms with E-state index in [4.69, 9.17) is 4.98 Å². The van der Waals surface area contributed by atoms with Crippen molar-refractivity contribution in [2.75, 3.05) is 43.0 Å². The summed E-state index contributed by atoms with van der Waals surface area (Å²) in [5.74, 6) is -1.19. The minimum Gasteiger partial charge on any atom is -0.387 e. The minimum atomic E-state index is -1.42. The maximum Gasteiger partial charge on any atom is 0.253 e. The lowest BCUT2D eigenvalue weighted by atomic mass is 9.72. The fourth-order valence-electron chi connectivity index (χ4n) is 6.72. The molecule has 1 aliphatic carbocycles. The Balaban J connectivity index is 1.25. The van der Waals surface area contributed by atoms with Gasteiger partial charge in [0.1, 0.15) is 33.6 Å². The van der Waals surface area contributed by atoms with Crippen molar-refractivity contribution in [2.45, 2.75) is 38.4 Å². The number of carbonyl (C=O) groups is 1. The Morgan fingerprint density at radius 2 is 1.86 bits per heavy atom. The summed E-state index contributed by atoms with van der Waals surface area (Å²) in [5, 5.41) is 31.7. The second kappa shape index (κ2) is 9.92. The number of halogens is 2. The molecule has 0 radical (unpaired) electrons. The average Bonchev–Trinajstić information content (AvgIpc) is 3.54. The monoisotopic (exact) mass is 616 g/mol. The Labute approximate surface area is 256 Å². The van der Waals surface area contributed by atoms with E-state index in [1.165, 1.54) is 43.4 Å². The number of carbonyl (C=O) groups excluding carboxylic acids is 1. The van der Waals surface area contributed by atoms with Crippen molar-refractivity contribution in [2.24, 2.45) is 5.41 Å². The van der Waals surface area contributed by atoms with Gasteiger partial charge in [0.25, 0.3) is 5.91 Å². The van der Waals surface area contributed by atoms with Gasteiger partial charge in [-0.1, -0.05) is 11.3 Å². The van der Waals surface area contributed by atoms with E-state index in [1.807, 2.05) is 11.0 Å². The van der Waals surface area contributed by atoms with Crippen molar-refractivity contribution in [1.29, 1.82) is 5.26 Å². The topological polar surface area (TPSA) is 117 Å². The van der Waals surface area contributed by atoms with Crippen LogP contribution < -0.4 is 9.80 Å². The third-order valence-electron chi connectivity index (χ3n) is 8.85. The molecule has 2 saturated heterocycles. The number of nitrogens with zero attached hydrogens (tertiary/aromatic N) is 6. The number of hydrogen-bond donors (Lipinski definition) is 2. The molecule has 1 spiro atoms. The predicted molar refractivity (Wildman–Crippen MR) is 163 cm³/mol. The van der Waals surface area contributed by atoms with Crippen LogP contribution in [0.25, 0.3) is 22.2 Å². The summed E-state index contributed by atoms with van der Waals surface area (Å²) in [4.78, 5) is 27.7. The van der Waals surface area contributed by atoms with E-state index >= 15 is 4.39 Å². The third-order valence-corrected chi connectivity index (χ3v) is 9.89. The number of fused-ring (bicyclic) bond motifs is 2. The molecule has 226 valence electrons. The molecule has 1 amide bonds. The Morgan fingerprint density at radius 3 is 2.52 bits per heavy atom. The number of amides is 1. The van der Waals surface area contributed by atoms with Gasteiger partial charge in [-0.25, -0.2) is 18.7 Å². The van der Waals surface area contributed by atoms with Gasteiger partial charge in [-0.05, 0) is 63.1 Å². The Hall–Kier alpha value is -4.18. The number of pyridine rings is 1. The summed E-state index contributed by atoms with van der Waals surface area (Å²) >= 11 is 1.18. The lowest BCUT2D eigenvalue weighted by Gasteiger charge is -2.61. The highest BCUT2D eigenvalue weighted by molar-refractivity contribution is 7.16. The minimum absolute atomic E-state index is 0.0857. The standard InChI is InChI=1S/C32H30F2N6O3S/c1-31(2,43)29(42)40-15-32(16-40)13-39(14-32)19-10-21-26(22(34)11-19)36-27-20(8-9-23(27)41)28(21)38(3)30-37-25(24(12-35)44-30)17-4-6-18(33)7-5-17/h4-7,10-11,23,41,43H,8-9,13-16H2,1-3H3/t23-/m1/s1. The Morgan fingerprint density at radius 1 is 1.16 bits per heavy atom. The molecule has 1 atom stereocenters. The lowest BCUT2D eigenvalue weighted by Crippen LogP contribution is -2.74. The smallest absolute Gasteiger partial charge is 0.253 e. The first-order valence-corrected chi connectivity index (χ1v) is 15.2. The maximum atomic E-state index is 15.8. The normalized spacial score (nSPS) is 18.6. The molecule has 9 nitrogen and oxygen atoms in total. The van der Waals surface area contributed by atoms with E-state index in [1.54, 1.807) is 24.1 Å². The number of nitriles is 1. The van der Waals surface area contributed by atoms with Crippen LogP contribution in [0.15, 0.2) is 36.4 Å². The van der Waals surface area contributed by atoms with E-state index in [9.17, 15) is 24.7 Å². The fourth-order valence-corrected chi connectivity index (χ4v) is 7.58. The summed E-state index contributed by atoms with van der Waals surface area (Å²) in [6.45, 7) is 5.36. The summed E-state index contributed by atoms with van der Waals surface area (Å²) in [6, 6.07) is 11.4. The molecule has 2 aromatic heterocycles. The molecule has 0 bridgehead atoms. The molecule has 3 aliphatic rings. The Bertz CT molecular complexity index is 1870. The number of thiazole rings is 1. The summed E-state index contributed by atoms with van der Waals surface area (Å²) in [7, 11) is 1.81. The van der Waals surface area contributed by atoms with Gasteiger partial charge in [0, 0.05) is 60.8 Å². The van der Waals surface area contributed by atoms with Crippen LogP contribution in [0.4, 0.5) is 25.3 Å². The van der Waals surface area contributed by atoms with Crippen LogP contribution >= 0.6 is 11.3 Å². The highest BCUT2D eigenvalue weighted by Gasteiger charge is 2.54. The number of aliphatic hydroxyl groups is 2. The number of rotatable bonds is 5. The average molecular weight is 617 g/mol. The predicted octanol–water partition coefficient (Wildman–Crippen LogP) is 4.68. The van der Waals surface area contributed by atoms with Crippen molar-refractivity contribution in [3.05, 3.63) is 64.2 Å². The number of aliphatic hydroxyl groups excluding tert-OH is 1. The number of benzene rings is 2. The SMILES string of the molecule is CN(c1nc(-c2ccc(F)cc2)c(C#N)s1)c1c2c(nc3c(F)cc(N4CC5(CN(C(=O)C(C)(C)O)C5)C4)cc13)[C@H](O)CC2. The molecule has 4 aromatic rings. The number of likely N-dealkylation sites (tertiary alicyclic amines) is 1. The first-order valence-electron chi connectivity index (χ1n) is 14.4. The molecule has 12 heteroatoms. The molecule has 7 rings (SSSR count). The maximum absolute atomic E-state index is 15.8. The van der Waals surface area contributed by atoms with Gasteiger partial charge in [-0.15, -0.1) is 0 Å². The van der Waals surface area contributed by atoms with Crippen LogP contribution in [0.5, 0.6) is 0 Å². The molecule has 0 saturated carbocycles. The first-order chi connectivity index (χ1) is 20.9. The van der Waals surface area contributed by atoms with E-state index in [0.717, 1.165) is 5.56 Å². The summed E-state index contributed by atoms with van der Waals surface area (Å²) in [5.41, 5.74) is 2.29. The van der Waals surface area contributed by atoms with Gasteiger partial charge in [0.2, 0.25) is 0 Å². The van der Waals surface area contributed by atoms with Crippen molar-refractivity contribution in [3.8, 4) is 17.3 Å². The highest BCUT2D eigenvalue weighted by atomic mass is 32.1. The van der Waals surface area contributed by atoms with Gasteiger partial charge >= 0.3 is 0 Å². The largest absolute Gasteiger partial charge is 0.387 e. The Kier molecular flexibility index (Phi) is 6.44. The van der Waals surface area contributed by atoms with E-state index in [2.05, 4.69) is 16.0 Å². The van der Waals surface area contributed by atoms with Gasteiger partial charge < -0.3 is 24.9 Å². The molecular formula is C32H30F2N6O3S. The molecule has 44 heavy (non-hydrogen) atoms. The molecule has 2 N–H and O–H groups in total. The van der Waals surface area contributed by atoms with E-state index in [-0.39, 0.29) is 22.7 Å². The van der Waals surface area contributed by atoms with E-state index < -0.39 is 17.5 Å². The van der Waals surface area contributed by atoms with Crippen molar-refractivity contribution < 1.29 is 23.8 Å². The molecule has 2 aromatic carbocycles. The zero-order chi connectivity index (χ0) is 31.1. The van der Waals surface area contributed by atoms with Crippen LogP contribution in [-0.2, 0) is 11.2 Å². The second-order valence-corrected chi connectivity index (χ2v) is 13.6. The van der Waals surface area contributed by atoms with Gasteiger partial charge in [-0.3, -0.25) is 4.79 Å². The summed E-state index contributed by atoms with van der Waals surface area (Å²) in [6.07, 6.45) is 0.194. The molecular weight excluding hydrogens is 586 g/mol. The number of aromatic nitrogens is 2. The molecule has 2 fully saturated rings. The lowest BCUT2D eigenvalue weighted by molar-refractivity contribution is -0.162. The van der Waals surface area contributed by atoms with Gasteiger partial charge in [0.15, 0.2) is 10.9 Å². The van der Waals surface area contributed by atoms with Gasteiger partial charge in [-0.2, -0.15) is 5.26 Å². The summed E-state index contributed by atoms with van der Waals surface area (Å²) < 4.78 is 29.4. The van der Waals surface area contributed by atoms with Crippen molar-refractivity contribution in [1.82, 2.24) is 14.9 Å². The van der Waals surface area contributed by atoms with Crippen LogP contribution in [0.2, 0.25) is 0 Å². The van der Waals surface area contributed by atoms with Crippen LogP contribution in [0.1, 0.15) is 42.5 Å². The van der Waals surface area contributed by atoms with E-state index in [0.29, 0.717) is 82.7 Å². The van der Waals surface area contributed by atoms with Crippen molar-refractivity contribution in [3.63, 3.8) is 0 Å². The molecule has 0 unspecified atom stereocenters. The highest BCUT2D eigenvalue weighted by Crippen LogP contribution is 2.47. The third kappa shape index (κ3) is 4.49. The molecule has 2 aliphatic heterocycles. The second-order valence-electron chi connectivity index (χ2n) is 12.6. The molecule has 4 heterocycles. The van der Waals surface area contributed by atoms with Crippen LogP contribution in [0.3, 0.4) is 0 Å². The van der Waals surface area contributed by atoms with Crippen molar-refractivity contribution >= 4 is 44.7 Å². The fraction of sp³-hybridized carbons (Fsp3) is 0.375. The zero-order valence-corrected chi connectivity index (χ0v) is 25.3. The number of hydrogen-bond acceptors (Lipinski definition) is 9.